The summed E-state index contributed by atoms with van der Waals surface area (Å²) in [5, 5.41) is 10.3. The lowest BCUT2D eigenvalue weighted by Crippen LogP contribution is -2.16. The summed E-state index contributed by atoms with van der Waals surface area (Å²) in [5.41, 5.74) is 1.16. The molecule has 1 nitrogen and oxygen atoms in total. The Morgan fingerprint density at radius 2 is 1.68 bits per heavy atom. The molecule has 1 heteroatoms. The second kappa shape index (κ2) is 9.80. The first kappa shape index (κ1) is 16.0. The highest BCUT2D eigenvalue weighted by Gasteiger charge is 2.17. The van der Waals surface area contributed by atoms with E-state index in [1.54, 1.807) is 0 Å². The number of rotatable bonds is 10. The van der Waals surface area contributed by atoms with Crippen LogP contribution in [0.3, 0.4) is 0 Å². The van der Waals surface area contributed by atoms with Crippen molar-refractivity contribution in [2.24, 2.45) is 0 Å². The summed E-state index contributed by atoms with van der Waals surface area (Å²) < 4.78 is 0. The smallest absolute Gasteiger partial charge is 0.0643 e. The quantitative estimate of drug-likeness (QED) is 0.460. The average Bonchev–Trinajstić information content (AvgIpc) is 2.45. The van der Waals surface area contributed by atoms with Crippen LogP contribution < -0.4 is 0 Å². The predicted molar refractivity (Wildman–Crippen MR) is 83.4 cm³/mol. The van der Waals surface area contributed by atoms with Gasteiger partial charge in [-0.2, -0.15) is 0 Å². The van der Waals surface area contributed by atoms with Crippen LogP contribution in [0, 0.1) is 0 Å². The Kier molecular flexibility index (Phi) is 8.24. The zero-order valence-corrected chi connectivity index (χ0v) is 12.2. The van der Waals surface area contributed by atoms with Crippen LogP contribution in [0.5, 0.6) is 0 Å². The summed E-state index contributed by atoms with van der Waals surface area (Å²) in [6.45, 7) is 6.10. The van der Waals surface area contributed by atoms with Gasteiger partial charge in [-0.25, -0.2) is 0 Å². The zero-order valence-electron chi connectivity index (χ0n) is 12.2. The largest absolute Gasteiger partial charge is 0.392 e. The molecule has 1 aromatic rings. The van der Waals surface area contributed by atoms with Gasteiger partial charge in [0, 0.05) is 5.92 Å². The Morgan fingerprint density at radius 1 is 1.05 bits per heavy atom. The molecule has 1 N–H and O–H groups in total. The molecule has 0 aliphatic heterocycles. The van der Waals surface area contributed by atoms with E-state index in [4.69, 9.17) is 0 Å². The first-order valence-corrected chi connectivity index (χ1v) is 7.65. The summed E-state index contributed by atoms with van der Waals surface area (Å²) in [6, 6.07) is 10.2. The highest BCUT2D eigenvalue weighted by Crippen LogP contribution is 2.24. The third kappa shape index (κ3) is 6.07. The van der Waals surface area contributed by atoms with Crippen LogP contribution >= 0.6 is 0 Å². The van der Waals surface area contributed by atoms with Gasteiger partial charge < -0.3 is 5.11 Å². The maximum atomic E-state index is 10.3. The fourth-order valence-electron chi connectivity index (χ4n) is 2.50. The molecule has 0 heterocycles. The van der Waals surface area contributed by atoms with Gasteiger partial charge in [-0.3, -0.25) is 0 Å². The van der Waals surface area contributed by atoms with Crippen LogP contribution in [0.1, 0.15) is 63.4 Å². The van der Waals surface area contributed by atoms with Gasteiger partial charge in [0.2, 0.25) is 0 Å². The minimum absolute atomic E-state index is 0.0665. The Bertz CT molecular complexity index is 331. The number of unbranched alkanes of at least 4 members (excludes halogenated alkanes) is 5. The molecule has 0 saturated heterocycles. The van der Waals surface area contributed by atoms with Crippen molar-refractivity contribution in [1.29, 1.82) is 0 Å². The van der Waals surface area contributed by atoms with Crippen molar-refractivity contribution in [1.82, 2.24) is 0 Å². The normalized spacial score (nSPS) is 14.0. The van der Waals surface area contributed by atoms with Crippen LogP contribution in [0.4, 0.5) is 0 Å². The fourth-order valence-corrected chi connectivity index (χ4v) is 2.50. The van der Waals surface area contributed by atoms with Crippen LogP contribution in [0.15, 0.2) is 43.0 Å². The van der Waals surface area contributed by atoms with Crippen molar-refractivity contribution in [3.63, 3.8) is 0 Å². The minimum atomic E-state index is -0.300. The standard InChI is InChI=1S/C18H28O/c1-3-5-6-7-8-12-15-18(19)17(4-2)16-13-10-9-11-14-16/h4,9-11,13-14,17-19H,2-3,5-8,12,15H2,1H3/t17-,18-/m1/s1. The molecular weight excluding hydrogens is 232 g/mol. The third-order valence-electron chi connectivity index (χ3n) is 3.71. The van der Waals surface area contributed by atoms with Gasteiger partial charge in [0.25, 0.3) is 0 Å². The van der Waals surface area contributed by atoms with Crippen LogP contribution in [0.2, 0.25) is 0 Å². The van der Waals surface area contributed by atoms with Crippen molar-refractivity contribution in [3.05, 3.63) is 48.6 Å². The van der Waals surface area contributed by atoms with Gasteiger partial charge >= 0.3 is 0 Å². The Labute approximate surface area is 118 Å². The predicted octanol–water partition coefficient (Wildman–Crippen LogP) is 5.07. The second-order valence-electron chi connectivity index (χ2n) is 5.30. The highest BCUT2D eigenvalue weighted by atomic mass is 16.3. The number of aliphatic hydroxyl groups excluding tert-OH is 1. The molecule has 0 aromatic heterocycles. The SMILES string of the molecule is C=C[C@H](c1ccccc1)[C@H](O)CCCCCCCC. The van der Waals surface area contributed by atoms with Crippen molar-refractivity contribution in [2.75, 3.05) is 0 Å². The van der Waals surface area contributed by atoms with Gasteiger partial charge in [-0.15, -0.1) is 6.58 Å². The van der Waals surface area contributed by atoms with Crippen molar-refractivity contribution >= 4 is 0 Å². The van der Waals surface area contributed by atoms with E-state index in [0.717, 1.165) is 18.4 Å². The van der Waals surface area contributed by atoms with Crippen molar-refractivity contribution in [3.8, 4) is 0 Å². The second-order valence-corrected chi connectivity index (χ2v) is 5.30. The van der Waals surface area contributed by atoms with Gasteiger partial charge in [-0.1, -0.05) is 81.9 Å². The van der Waals surface area contributed by atoms with E-state index in [1.807, 2.05) is 24.3 Å². The molecule has 0 spiro atoms. The molecule has 0 aliphatic carbocycles. The summed E-state index contributed by atoms with van der Waals surface area (Å²) in [5.74, 6) is 0.0665. The molecule has 0 saturated carbocycles. The first-order valence-electron chi connectivity index (χ1n) is 7.65. The molecule has 0 aliphatic rings. The Morgan fingerprint density at radius 3 is 2.32 bits per heavy atom. The summed E-state index contributed by atoms with van der Waals surface area (Å²) in [7, 11) is 0. The van der Waals surface area contributed by atoms with E-state index in [2.05, 4.69) is 25.6 Å². The van der Waals surface area contributed by atoms with Crippen molar-refractivity contribution in [2.45, 2.75) is 63.9 Å². The van der Waals surface area contributed by atoms with Crippen LogP contribution in [-0.4, -0.2) is 11.2 Å². The molecule has 1 rings (SSSR count). The van der Waals surface area contributed by atoms with E-state index < -0.39 is 0 Å². The molecule has 2 atom stereocenters. The molecule has 0 unspecified atom stereocenters. The molecule has 0 bridgehead atoms. The molecule has 0 radical (unpaired) electrons. The lowest BCUT2D eigenvalue weighted by molar-refractivity contribution is 0.145. The minimum Gasteiger partial charge on any atom is -0.392 e. The Hall–Kier alpha value is -1.08. The van der Waals surface area contributed by atoms with Gasteiger partial charge in [0.1, 0.15) is 0 Å². The molecule has 19 heavy (non-hydrogen) atoms. The maximum Gasteiger partial charge on any atom is 0.0643 e. The van der Waals surface area contributed by atoms with Crippen LogP contribution in [-0.2, 0) is 0 Å². The number of aliphatic hydroxyl groups is 1. The van der Waals surface area contributed by atoms with Gasteiger partial charge in [-0.05, 0) is 12.0 Å². The number of hydrogen-bond acceptors (Lipinski definition) is 1. The first-order chi connectivity index (χ1) is 9.29. The fraction of sp³-hybridized carbons (Fsp3) is 0.556. The average molecular weight is 260 g/mol. The summed E-state index contributed by atoms with van der Waals surface area (Å²) in [6.07, 6.45) is 10.0. The topological polar surface area (TPSA) is 20.2 Å². The van der Waals surface area contributed by atoms with Gasteiger partial charge in [0.15, 0.2) is 0 Å². The number of hydrogen-bond donors (Lipinski definition) is 1. The summed E-state index contributed by atoms with van der Waals surface area (Å²) in [4.78, 5) is 0. The highest BCUT2D eigenvalue weighted by molar-refractivity contribution is 5.24. The molecule has 0 fully saturated rings. The van der Waals surface area contributed by atoms with E-state index in [0.29, 0.717) is 0 Å². The lowest BCUT2D eigenvalue weighted by Gasteiger charge is -2.20. The van der Waals surface area contributed by atoms with Crippen molar-refractivity contribution < 1.29 is 5.11 Å². The molecule has 1 aromatic carbocycles. The molecule has 106 valence electrons. The molecule has 0 amide bonds. The monoisotopic (exact) mass is 260 g/mol. The van der Waals surface area contributed by atoms with E-state index >= 15 is 0 Å². The van der Waals surface area contributed by atoms with Crippen LogP contribution in [0.25, 0.3) is 0 Å². The number of benzene rings is 1. The maximum absolute atomic E-state index is 10.3. The van der Waals surface area contributed by atoms with E-state index in [1.165, 1.54) is 32.1 Å². The zero-order chi connectivity index (χ0) is 13.9. The third-order valence-corrected chi connectivity index (χ3v) is 3.71. The lowest BCUT2D eigenvalue weighted by atomic mass is 9.90. The summed E-state index contributed by atoms with van der Waals surface area (Å²) >= 11 is 0. The van der Waals surface area contributed by atoms with E-state index in [9.17, 15) is 5.11 Å². The molecular formula is C18H28O. The van der Waals surface area contributed by atoms with Gasteiger partial charge in [0.05, 0.1) is 6.10 Å². The van der Waals surface area contributed by atoms with E-state index in [-0.39, 0.29) is 12.0 Å². The Balaban J connectivity index is 2.30.